The summed E-state index contributed by atoms with van der Waals surface area (Å²) in [7, 11) is -3.99. The lowest BCUT2D eigenvalue weighted by molar-refractivity contribution is -0.384. The summed E-state index contributed by atoms with van der Waals surface area (Å²) in [6.07, 6.45) is 1.08. The molecular formula is C18H23N3O8S. The molecule has 2 aliphatic rings. The van der Waals surface area contributed by atoms with Gasteiger partial charge in [0.1, 0.15) is 5.69 Å². The first kappa shape index (κ1) is 22.0. The van der Waals surface area contributed by atoms with Gasteiger partial charge < -0.3 is 15.1 Å². The number of hydrogen-bond acceptors (Lipinski definition) is 7. The average molecular weight is 441 g/mol. The second-order valence-corrected chi connectivity index (χ2v) is 9.46. The van der Waals surface area contributed by atoms with Crippen molar-refractivity contribution in [1.29, 1.82) is 0 Å². The van der Waals surface area contributed by atoms with Gasteiger partial charge in [0.2, 0.25) is 10.0 Å². The molecule has 2 aliphatic heterocycles. The van der Waals surface area contributed by atoms with Gasteiger partial charge >= 0.3 is 11.9 Å². The molecule has 2 fully saturated rings. The highest BCUT2D eigenvalue weighted by Gasteiger charge is 2.34. The first-order valence-corrected chi connectivity index (χ1v) is 11.0. The minimum Gasteiger partial charge on any atom is -0.481 e. The van der Waals surface area contributed by atoms with Gasteiger partial charge in [-0.25, -0.2) is 8.42 Å². The van der Waals surface area contributed by atoms with Gasteiger partial charge in [-0.3, -0.25) is 19.7 Å². The molecule has 30 heavy (non-hydrogen) atoms. The molecule has 0 radical (unpaired) electrons. The molecule has 0 aliphatic carbocycles. The van der Waals surface area contributed by atoms with Gasteiger partial charge in [0.25, 0.3) is 5.69 Å². The maximum atomic E-state index is 12.9. The van der Waals surface area contributed by atoms with Crippen LogP contribution in [-0.4, -0.2) is 66.0 Å². The zero-order valence-corrected chi connectivity index (χ0v) is 17.0. The van der Waals surface area contributed by atoms with Crippen molar-refractivity contribution in [2.75, 3.05) is 31.1 Å². The number of nitro benzene ring substituents is 1. The molecular weight excluding hydrogens is 418 g/mol. The van der Waals surface area contributed by atoms with Crippen LogP contribution in [0.5, 0.6) is 0 Å². The molecule has 11 nitrogen and oxygen atoms in total. The van der Waals surface area contributed by atoms with Crippen molar-refractivity contribution < 1.29 is 33.1 Å². The van der Waals surface area contributed by atoms with Crippen LogP contribution < -0.4 is 4.90 Å². The van der Waals surface area contributed by atoms with Gasteiger partial charge in [-0.15, -0.1) is 0 Å². The SMILES string of the molecule is O=C(O)C1CCN(c2ccc(S(=O)(=O)N3CCC(C(=O)O)CC3)cc2[N+](=O)[O-])CC1. The lowest BCUT2D eigenvalue weighted by atomic mass is 9.96. The Balaban J connectivity index is 1.82. The third-order valence-corrected chi connectivity index (χ3v) is 7.66. The van der Waals surface area contributed by atoms with E-state index in [-0.39, 0.29) is 42.2 Å². The number of nitrogens with zero attached hydrogens (tertiary/aromatic N) is 3. The molecule has 0 unspecified atom stereocenters. The third kappa shape index (κ3) is 4.38. The van der Waals surface area contributed by atoms with Crippen molar-refractivity contribution in [3.63, 3.8) is 0 Å². The first-order valence-electron chi connectivity index (χ1n) is 9.60. The van der Waals surface area contributed by atoms with E-state index in [1.807, 2.05) is 0 Å². The Hall–Kier alpha value is -2.73. The number of carboxylic acids is 2. The highest BCUT2D eigenvalue weighted by molar-refractivity contribution is 7.89. The summed E-state index contributed by atoms with van der Waals surface area (Å²) in [5.41, 5.74) is -0.0994. The Kier molecular flexibility index (Phi) is 6.27. The van der Waals surface area contributed by atoms with Gasteiger partial charge in [0, 0.05) is 32.2 Å². The number of piperidine rings is 2. The molecule has 2 saturated heterocycles. The van der Waals surface area contributed by atoms with E-state index in [9.17, 15) is 28.1 Å². The fraction of sp³-hybridized carbons (Fsp3) is 0.556. The molecule has 164 valence electrons. The van der Waals surface area contributed by atoms with Gasteiger partial charge in [-0.05, 0) is 37.8 Å². The molecule has 0 saturated carbocycles. The van der Waals surface area contributed by atoms with Gasteiger partial charge in [0.05, 0.1) is 21.7 Å². The molecule has 0 bridgehead atoms. The summed E-state index contributed by atoms with van der Waals surface area (Å²) in [6.45, 7) is 0.730. The smallest absolute Gasteiger partial charge is 0.306 e. The zero-order chi connectivity index (χ0) is 22.1. The molecule has 1 aromatic carbocycles. The molecule has 2 N–H and O–H groups in total. The number of carboxylic acid groups (broad SMARTS) is 2. The maximum absolute atomic E-state index is 12.9. The predicted molar refractivity (Wildman–Crippen MR) is 105 cm³/mol. The topological polar surface area (TPSA) is 158 Å². The minimum absolute atomic E-state index is 0.0392. The lowest BCUT2D eigenvalue weighted by Gasteiger charge is -2.32. The maximum Gasteiger partial charge on any atom is 0.306 e. The molecule has 0 atom stereocenters. The van der Waals surface area contributed by atoms with E-state index >= 15 is 0 Å². The fourth-order valence-electron chi connectivity index (χ4n) is 3.94. The summed E-state index contributed by atoms with van der Waals surface area (Å²) < 4.78 is 27.0. The van der Waals surface area contributed by atoms with Crippen molar-refractivity contribution >= 4 is 33.3 Å². The standard InChI is InChI=1S/C18H23N3O8S/c22-17(23)12-3-7-19(8-4-12)15-2-1-14(11-16(15)21(26)27)30(28,29)20-9-5-13(6-10-20)18(24)25/h1-2,11-13H,3-10H2,(H,22,23)(H,24,25). The van der Waals surface area contributed by atoms with Gasteiger partial charge in [0.15, 0.2) is 0 Å². The number of nitro groups is 1. The van der Waals surface area contributed by atoms with Crippen LogP contribution in [0, 0.1) is 22.0 Å². The molecule has 2 heterocycles. The van der Waals surface area contributed by atoms with Crippen molar-refractivity contribution in [3.8, 4) is 0 Å². The Morgan fingerprint density at radius 1 is 0.967 bits per heavy atom. The van der Waals surface area contributed by atoms with Crippen LogP contribution in [-0.2, 0) is 19.6 Å². The Labute approximate surface area is 173 Å². The number of sulfonamides is 1. The van der Waals surface area contributed by atoms with Crippen molar-refractivity contribution in [1.82, 2.24) is 4.31 Å². The predicted octanol–water partition coefficient (Wildman–Crippen LogP) is 1.38. The highest BCUT2D eigenvalue weighted by Crippen LogP contribution is 2.35. The van der Waals surface area contributed by atoms with Crippen molar-refractivity contribution in [2.45, 2.75) is 30.6 Å². The molecule has 0 amide bonds. The summed E-state index contributed by atoms with van der Waals surface area (Å²) in [5.74, 6) is -2.94. The minimum atomic E-state index is -3.99. The van der Waals surface area contributed by atoms with Crippen molar-refractivity contribution in [3.05, 3.63) is 28.3 Å². The molecule has 12 heteroatoms. The highest BCUT2D eigenvalue weighted by atomic mass is 32.2. The lowest BCUT2D eigenvalue weighted by Crippen LogP contribution is -2.40. The number of benzene rings is 1. The van der Waals surface area contributed by atoms with Gasteiger partial charge in [-0.2, -0.15) is 4.31 Å². The monoisotopic (exact) mass is 441 g/mol. The summed E-state index contributed by atoms with van der Waals surface area (Å²) in [4.78, 5) is 34.6. The Morgan fingerprint density at radius 3 is 1.93 bits per heavy atom. The van der Waals surface area contributed by atoms with E-state index in [0.29, 0.717) is 25.9 Å². The Morgan fingerprint density at radius 2 is 1.47 bits per heavy atom. The van der Waals surface area contributed by atoms with E-state index in [2.05, 4.69) is 0 Å². The van der Waals surface area contributed by atoms with E-state index in [4.69, 9.17) is 10.2 Å². The second kappa shape index (κ2) is 8.56. The molecule has 0 aromatic heterocycles. The van der Waals surface area contributed by atoms with Crippen LogP contribution in [0.15, 0.2) is 23.1 Å². The van der Waals surface area contributed by atoms with E-state index in [1.165, 1.54) is 12.1 Å². The van der Waals surface area contributed by atoms with Crippen LogP contribution in [0.4, 0.5) is 11.4 Å². The summed E-state index contributed by atoms with van der Waals surface area (Å²) >= 11 is 0. The van der Waals surface area contributed by atoms with Crippen LogP contribution in [0.1, 0.15) is 25.7 Å². The van der Waals surface area contributed by atoms with Crippen LogP contribution in [0.3, 0.4) is 0 Å². The Bertz CT molecular complexity index is 948. The fourth-order valence-corrected chi connectivity index (χ4v) is 5.43. The number of rotatable bonds is 6. The summed E-state index contributed by atoms with van der Waals surface area (Å²) in [6, 6.07) is 3.72. The van der Waals surface area contributed by atoms with Crippen LogP contribution >= 0.6 is 0 Å². The molecule has 0 spiro atoms. The van der Waals surface area contributed by atoms with E-state index in [0.717, 1.165) is 10.4 Å². The first-order chi connectivity index (χ1) is 14.1. The van der Waals surface area contributed by atoms with E-state index in [1.54, 1.807) is 4.90 Å². The average Bonchev–Trinajstić information content (AvgIpc) is 2.73. The van der Waals surface area contributed by atoms with Crippen LogP contribution in [0.2, 0.25) is 0 Å². The second-order valence-electron chi connectivity index (χ2n) is 7.52. The van der Waals surface area contributed by atoms with Crippen LogP contribution in [0.25, 0.3) is 0 Å². The van der Waals surface area contributed by atoms with Crippen molar-refractivity contribution in [2.24, 2.45) is 11.8 Å². The number of hydrogen-bond donors (Lipinski definition) is 2. The number of aliphatic carboxylic acids is 2. The quantitative estimate of drug-likeness (QED) is 0.491. The third-order valence-electron chi connectivity index (χ3n) is 5.77. The molecule has 3 rings (SSSR count). The molecule has 1 aromatic rings. The largest absolute Gasteiger partial charge is 0.481 e. The normalized spacial score (nSPS) is 19.5. The van der Waals surface area contributed by atoms with Gasteiger partial charge in [-0.1, -0.05) is 0 Å². The summed E-state index contributed by atoms with van der Waals surface area (Å²) in [5, 5.41) is 29.8. The number of anilines is 1. The zero-order valence-electron chi connectivity index (χ0n) is 16.1. The number of carbonyl (C=O) groups is 2. The van der Waals surface area contributed by atoms with E-state index < -0.39 is 38.7 Å².